The lowest BCUT2D eigenvalue weighted by Gasteiger charge is -2.22. The van der Waals surface area contributed by atoms with Crippen LogP contribution in [0.1, 0.15) is 29.2 Å². The lowest BCUT2D eigenvalue weighted by atomic mass is 9.98. The van der Waals surface area contributed by atoms with Crippen molar-refractivity contribution in [1.29, 1.82) is 0 Å². The van der Waals surface area contributed by atoms with E-state index in [0.717, 1.165) is 33.9 Å². The summed E-state index contributed by atoms with van der Waals surface area (Å²) in [5, 5.41) is 17.1. The minimum atomic E-state index is -0.339. The first-order valence-electron chi connectivity index (χ1n) is 11.5. The van der Waals surface area contributed by atoms with E-state index in [1.165, 1.54) is 24.9 Å². The van der Waals surface area contributed by atoms with Crippen molar-refractivity contribution in [3.05, 3.63) is 88.3 Å². The first-order chi connectivity index (χ1) is 18.0. The number of carbonyl (C=O) groups is 1. The molecule has 0 aromatic heterocycles. The number of aliphatic imine (C=N–C) groups is 1. The Bertz CT molecular complexity index is 1410. The van der Waals surface area contributed by atoms with Gasteiger partial charge in [0, 0.05) is 6.42 Å². The summed E-state index contributed by atoms with van der Waals surface area (Å²) >= 11 is 1.27. The van der Waals surface area contributed by atoms with Crippen LogP contribution in [0, 0.1) is 0 Å². The average Bonchev–Trinajstić information content (AvgIpc) is 3.53. The molecule has 37 heavy (non-hydrogen) atoms. The number of aromatic hydroxyl groups is 1. The fraction of sp³-hybridized carbons (Fsp3) is 0.179. The first kappa shape index (κ1) is 24.5. The Kier molecular flexibility index (Phi) is 6.87. The number of methoxy groups -OCH3 is 3. The summed E-state index contributed by atoms with van der Waals surface area (Å²) in [7, 11) is 4.75. The number of phenols is 1. The number of benzene rings is 3. The molecule has 0 bridgehead atoms. The molecule has 0 radical (unpaired) electrons. The normalized spacial score (nSPS) is 18.1. The molecular formula is C28H25N3O5S. The number of hydrogen-bond donors (Lipinski definition) is 1. The summed E-state index contributed by atoms with van der Waals surface area (Å²) < 4.78 is 15.8. The molecule has 1 unspecified atom stereocenters. The van der Waals surface area contributed by atoms with Crippen molar-refractivity contribution in [2.24, 2.45) is 10.1 Å². The van der Waals surface area contributed by atoms with Gasteiger partial charge in [-0.05, 0) is 83.1 Å². The SMILES string of the molecule is COc1ccc(C2=NN(C3=NC(=O)/C(=C/c4ccc(O)c(OC)c4)S3)C(c3ccc(OC)cc3)C2)cc1. The van der Waals surface area contributed by atoms with Crippen molar-refractivity contribution in [3.8, 4) is 23.0 Å². The van der Waals surface area contributed by atoms with Crippen LogP contribution in [0.15, 0.2) is 81.7 Å². The summed E-state index contributed by atoms with van der Waals surface area (Å²) in [5.74, 6) is 1.56. The third-order valence-electron chi connectivity index (χ3n) is 6.14. The Morgan fingerprint density at radius 2 is 1.62 bits per heavy atom. The predicted molar refractivity (Wildman–Crippen MR) is 144 cm³/mol. The molecule has 0 saturated heterocycles. The van der Waals surface area contributed by atoms with Gasteiger partial charge in [-0.15, -0.1) is 0 Å². The molecule has 0 aliphatic carbocycles. The summed E-state index contributed by atoms with van der Waals surface area (Å²) in [6.45, 7) is 0. The Labute approximate surface area is 218 Å². The largest absolute Gasteiger partial charge is 0.504 e. The van der Waals surface area contributed by atoms with Crippen LogP contribution in [0.25, 0.3) is 6.08 Å². The monoisotopic (exact) mass is 515 g/mol. The highest BCUT2D eigenvalue weighted by Crippen LogP contribution is 2.40. The highest BCUT2D eigenvalue weighted by Gasteiger charge is 2.36. The third kappa shape index (κ3) is 5.03. The van der Waals surface area contributed by atoms with E-state index in [1.807, 2.05) is 53.5 Å². The predicted octanol–water partition coefficient (Wildman–Crippen LogP) is 5.24. The molecule has 0 fully saturated rings. The molecule has 3 aromatic rings. The Balaban J connectivity index is 1.46. The molecule has 8 nitrogen and oxygen atoms in total. The highest BCUT2D eigenvalue weighted by atomic mass is 32.2. The molecule has 2 heterocycles. The van der Waals surface area contributed by atoms with E-state index < -0.39 is 0 Å². The summed E-state index contributed by atoms with van der Waals surface area (Å²) in [6, 6.07) is 20.4. The minimum Gasteiger partial charge on any atom is -0.504 e. The lowest BCUT2D eigenvalue weighted by Crippen LogP contribution is -2.23. The van der Waals surface area contributed by atoms with Crippen LogP contribution in [0.2, 0.25) is 0 Å². The van der Waals surface area contributed by atoms with Gasteiger partial charge in [-0.1, -0.05) is 18.2 Å². The smallest absolute Gasteiger partial charge is 0.286 e. The number of amidine groups is 1. The third-order valence-corrected chi connectivity index (χ3v) is 7.11. The molecule has 1 atom stereocenters. The molecule has 0 saturated carbocycles. The topological polar surface area (TPSA) is 93.0 Å². The van der Waals surface area contributed by atoms with Crippen molar-refractivity contribution in [3.63, 3.8) is 0 Å². The molecule has 3 aromatic carbocycles. The molecule has 0 spiro atoms. The van der Waals surface area contributed by atoms with Gasteiger partial charge in [0.25, 0.3) is 5.91 Å². The number of hydrazone groups is 1. The standard InChI is InChI=1S/C28H25N3O5S/c1-34-20-9-5-18(6-10-20)22-16-23(19-7-11-21(35-2)12-8-19)31(30-22)28-29-27(33)26(37-28)15-17-4-13-24(32)25(14-17)36-3/h4-15,23,32H,16H2,1-3H3/b26-15-. The van der Waals surface area contributed by atoms with Gasteiger partial charge in [-0.25, -0.2) is 5.01 Å². The van der Waals surface area contributed by atoms with Gasteiger partial charge >= 0.3 is 0 Å². The number of ether oxygens (including phenoxy) is 3. The molecule has 1 N–H and O–H groups in total. The Morgan fingerprint density at radius 3 is 2.27 bits per heavy atom. The number of carbonyl (C=O) groups excluding carboxylic acids is 1. The second-order valence-electron chi connectivity index (χ2n) is 8.35. The van der Waals surface area contributed by atoms with Crippen LogP contribution < -0.4 is 14.2 Å². The minimum absolute atomic E-state index is 0.0341. The van der Waals surface area contributed by atoms with E-state index in [1.54, 1.807) is 32.4 Å². The maximum Gasteiger partial charge on any atom is 0.286 e. The van der Waals surface area contributed by atoms with E-state index in [4.69, 9.17) is 19.3 Å². The van der Waals surface area contributed by atoms with Crippen molar-refractivity contribution >= 4 is 34.6 Å². The number of amides is 1. The first-order valence-corrected chi connectivity index (χ1v) is 12.4. The van der Waals surface area contributed by atoms with Crippen molar-refractivity contribution < 1.29 is 24.1 Å². The molecular weight excluding hydrogens is 490 g/mol. The maximum atomic E-state index is 12.9. The van der Waals surface area contributed by atoms with Crippen LogP contribution in [0.3, 0.4) is 0 Å². The van der Waals surface area contributed by atoms with E-state index >= 15 is 0 Å². The summed E-state index contributed by atoms with van der Waals surface area (Å²) in [6.07, 6.45) is 2.37. The number of nitrogens with zero attached hydrogens (tertiary/aromatic N) is 3. The maximum absolute atomic E-state index is 12.9. The van der Waals surface area contributed by atoms with Gasteiger partial charge in [0.05, 0.1) is 38.0 Å². The number of hydrogen-bond acceptors (Lipinski definition) is 8. The van der Waals surface area contributed by atoms with Crippen molar-refractivity contribution in [1.82, 2.24) is 5.01 Å². The lowest BCUT2D eigenvalue weighted by molar-refractivity contribution is -0.113. The zero-order chi connectivity index (χ0) is 25.9. The van der Waals surface area contributed by atoms with E-state index in [0.29, 0.717) is 22.2 Å². The molecule has 2 aliphatic heterocycles. The van der Waals surface area contributed by atoms with E-state index in [-0.39, 0.29) is 17.7 Å². The van der Waals surface area contributed by atoms with Crippen molar-refractivity contribution in [2.45, 2.75) is 12.5 Å². The van der Waals surface area contributed by atoms with Crippen molar-refractivity contribution in [2.75, 3.05) is 21.3 Å². The second-order valence-corrected chi connectivity index (χ2v) is 9.36. The van der Waals surface area contributed by atoms with Crippen LogP contribution in [0.4, 0.5) is 0 Å². The van der Waals surface area contributed by atoms with Gasteiger partial charge in [0.2, 0.25) is 0 Å². The Morgan fingerprint density at radius 1 is 0.946 bits per heavy atom. The summed E-state index contributed by atoms with van der Waals surface area (Å²) in [4.78, 5) is 17.7. The second kappa shape index (κ2) is 10.4. The summed E-state index contributed by atoms with van der Waals surface area (Å²) in [5.41, 5.74) is 3.62. The van der Waals surface area contributed by atoms with Crippen LogP contribution >= 0.6 is 11.8 Å². The fourth-order valence-corrected chi connectivity index (χ4v) is 5.08. The van der Waals surface area contributed by atoms with Crippen LogP contribution in [-0.2, 0) is 4.79 Å². The van der Waals surface area contributed by atoms with E-state index in [2.05, 4.69) is 4.99 Å². The highest BCUT2D eigenvalue weighted by molar-refractivity contribution is 8.18. The fourth-order valence-electron chi connectivity index (χ4n) is 4.16. The molecule has 188 valence electrons. The zero-order valence-electron chi connectivity index (χ0n) is 20.5. The molecule has 9 heteroatoms. The van der Waals surface area contributed by atoms with Gasteiger partial charge in [-0.3, -0.25) is 4.79 Å². The van der Waals surface area contributed by atoms with Gasteiger partial charge in [0.1, 0.15) is 11.5 Å². The molecule has 5 rings (SSSR count). The van der Waals surface area contributed by atoms with Crippen LogP contribution in [-0.4, -0.2) is 48.2 Å². The molecule has 1 amide bonds. The van der Waals surface area contributed by atoms with Crippen LogP contribution in [0.5, 0.6) is 23.0 Å². The average molecular weight is 516 g/mol. The van der Waals surface area contributed by atoms with E-state index in [9.17, 15) is 9.90 Å². The van der Waals surface area contributed by atoms with Gasteiger partial charge < -0.3 is 19.3 Å². The number of thioether (sulfide) groups is 1. The number of phenolic OH excluding ortho intramolecular Hbond substituents is 1. The Hall–Kier alpha value is -4.24. The van der Waals surface area contributed by atoms with Gasteiger partial charge in [0.15, 0.2) is 16.7 Å². The molecule has 2 aliphatic rings. The van der Waals surface area contributed by atoms with Gasteiger partial charge in [-0.2, -0.15) is 10.1 Å². The zero-order valence-corrected chi connectivity index (χ0v) is 21.4. The quantitative estimate of drug-likeness (QED) is 0.449. The number of rotatable bonds is 6.